The normalized spacial score (nSPS) is 23.1. The zero-order valence-electron chi connectivity index (χ0n) is 12.9. The van der Waals surface area contributed by atoms with Crippen LogP contribution in [0, 0.1) is 17.8 Å². The Bertz CT molecular complexity index is 381. The molecule has 2 rings (SSSR count). The van der Waals surface area contributed by atoms with E-state index in [1.807, 2.05) is 0 Å². The summed E-state index contributed by atoms with van der Waals surface area (Å²) in [4.78, 5) is 0. The van der Waals surface area contributed by atoms with Gasteiger partial charge in [0.1, 0.15) is 0 Å². The lowest BCUT2D eigenvalue weighted by Gasteiger charge is -2.36. The molecule has 0 saturated heterocycles. The Balaban J connectivity index is 1.76. The molecule has 1 aromatic rings. The molecule has 1 saturated carbocycles. The fourth-order valence-corrected chi connectivity index (χ4v) is 2.78. The van der Waals surface area contributed by atoms with Crippen LogP contribution in [0.25, 0.3) is 0 Å². The summed E-state index contributed by atoms with van der Waals surface area (Å²) >= 11 is 0. The van der Waals surface area contributed by atoms with Crippen LogP contribution < -0.4 is 5.32 Å². The standard InChI is InChI=1S/C16H29N3/c1-12(2)10-17-11-15-6-5-14(15)9-16-7-8-19(18-16)13(3)4/h7-8,12-15,17H,5-6,9-11H2,1-4H3. The van der Waals surface area contributed by atoms with Gasteiger partial charge in [-0.2, -0.15) is 5.10 Å². The van der Waals surface area contributed by atoms with Crippen molar-refractivity contribution >= 4 is 0 Å². The van der Waals surface area contributed by atoms with Crippen LogP contribution in [-0.2, 0) is 6.42 Å². The number of hydrogen-bond acceptors (Lipinski definition) is 2. The van der Waals surface area contributed by atoms with Gasteiger partial charge in [0.15, 0.2) is 0 Å². The van der Waals surface area contributed by atoms with Gasteiger partial charge in [0.25, 0.3) is 0 Å². The fourth-order valence-electron chi connectivity index (χ4n) is 2.78. The maximum atomic E-state index is 4.67. The second-order valence-electron chi connectivity index (χ2n) is 6.73. The molecule has 3 nitrogen and oxygen atoms in total. The minimum Gasteiger partial charge on any atom is -0.316 e. The van der Waals surface area contributed by atoms with Crippen LogP contribution in [0.15, 0.2) is 12.3 Å². The Morgan fingerprint density at radius 2 is 2.00 bits per heavy atom. The van der Waals surface area contributed by atoms with Gasteiger partial charge in [0, 0.05) is 12.2 Å². The molecule has 1 aromatic heterocycles. The third-order valence-corrected chi connectivity index (χ3v) is 4.20. The van der Waals surface area contributed by atoms with E-state index in [0.717, 1.165) is 30.7 Å². The first kappa shape index (κ1) is 14.6. The summed E-state index contributed by atoms with van der Waals surface area (Å²) in [5.41, 5.74) is 1.27. The second kappa shape index (κ2) is 6.56. The molecule has 1 aliphatic carbocycles. The molecule has 2 unspecified atom stereocenters. The largest absolute Gasteiger partial charge is 0.316 e. The summed E-state index contributed by atoms with van der Waals surface area (Å²) < 4.78 is 2.07. The Morgan fingerprint density at radius 1 is 1.26 bits per heavy atom. The monoisotopic (exact) mass is 263 g/mol. The summed E-state index contributed by atoms with van der Waals surface area (Å²) in [6.07, 6.45) is 6.04. The molecular formula is C16H29N3. The van der Waals surface area contributed by atoms with E-state index in [0.29, 0.717) is 6.04 Å². The SMILES string of the molecule is CC(C)CNCC1CCC1Cc1ccn(C(C)C)n1. The molecule has 0 spiro atoms. The number of hydrogen-bond donors (Lipinski definition) is 1. The van der Waals surface area contributed by atoms with E-state index in [9.17, 15) is 0 Å². The molecule has 0 bridgehead atoms. The molecule has 1 fully saturated rings. The molecule has 19 heavy (non-hydrogen) atoms. The molecule has 2 atom stereocenters. The third-order valence-electron chi connectivity index (χ3n) is 4.20. The van der Waals surface area contributed by atoms with E-state index in [-0.39, 0.29) is 0 Å². The van der Waals surface area contributed by atoms with E-state index in [4.69, 9.17) is 0 Å². The smallest absolute Gasteiger partial charge is 0.0627 e. The third kappa shape index (κ3) is 4.07. The summed E-state index contributed by atoms with van der Waals surface area (Å²) in [5.74, 6) is 2.46. The molecule has 1 aliphatic rings. The Kier molecular flexibility index (Phi) is 5.03. The van der Waals surface area contributed by atoms with Crippen LogP contribution in [0.2, 0.25) is 0 Å². The van der Waals surface area contributed by atoms with Gasteiger partial charge in [0.05, 0.1) is 5.69 Å². The van der Waals surface area contributed by atoms with Crippen molar-refractivity contribution in [1.82, 2.24) is 15.1 Å². The molecule has 1 heterocycles. The summed E-state index contributed by atoms with van der Waals surface area (Å²) in [6.45, 7) is 11.2. The predicted molar refractivity (Wildman–Crippen MR) is 80.2 cm³/mol. The minimum atomic E-state index is 0.471. The number of rotatable bonds is 7. The van der Waals surface area contributed by atoms with Crippen molar-refractivity contribution in [1.29, 1.82) is 0 Å². The maximum Gasteiger partial charge on any atom is 0.0627 e. The van der Waals surface area contributed by atoms with Crippen LogP contribution in [0.5, 0.6) is 0 Å². The predicted octanol–water partition coefficient (Wildman–Crippen LogP) is 3.28. The first-order valence-electron chi connectivity index (χ1n) is 7.81. The highest BCUT2D eigenvalue weighted by atomic mass is 15.3. The molecule has 0 aliphatic heterocycles. The van der Waals surface area contributed by atoms with Crippen LogP contribution in [0.4, 0.5) is 0 Å². The molecule has 0 radical (unpaired) electrons. The highest BCUT2D eigenvalue weighted by Gasteiger charge is 2.30. The van der Waals surface area contributed by atoms with Crippen molar-refractivity contribution in [3.8, 4) is 0 Å². The van der Waals surface area contributed by atoms with Crippen LogP contribution in [0.1, 0.15) is 52.3 Å². The topological polar surface area (TPSA) is 29.9 Å². The molecule has 1 N–H and O–H groups in total. The van der Waals surface area contributed by atoms with Crippen molar-refractivity contribution < 1.29 is 0 Å². The van der Waals surface area contributed by atoms with Gasteiger partial charge >= 0.3 is 0 Å². The summed E-state index contributed by atoms with van der Waals surface area (Å²) in [6, 6.07) is 2.66. The lowest BCUT2D eigenvalue weighted by atomic mass is 9.71. The van der Waals surface area contributed by atoms with Crippen molar-refractivity contribution in [3.05, 3.63) is 18.0 Å². The maximum absolute atomic E-state index is 4.67. The van der Waals surface area contributed by atoms with E-state index in [1.54, 1.807) is 0 Å². The van der Waals surface area contributed by atoms with Gasteiger partial charge in [-0.3, -0.25) is 4.68 Å². The summed E-state index contributed by atoms with van der Waals surface area (Å²) in [7, 11) is 0. The van der Waals surface area contributed by atoms with Gasteiger partial charge in [-0.05, 0) is 70.0 Å². The minimum absolute atomic E-state index is 0.471. The molecule has 0 amide bonds. The Labute approximate surface area is 117 Å². The van der Waals surface area contributed by atoms with Crippen molar-refractivity contribution in [2.45, 2.75) is 53.0 Å². The number of nitrogens with zero attached hydrogens (tertiary/aromatic N) is 2. The Hall–Kier alpha value is -0.830. The lowest BCUT2D eigenvalue weighted by molar-refractivity contribution is 0.168. The second-order valence-corrected chi connectivity index (χ2v) is 6.73. The molecule has 3 heteroatoms. The quantitative estimate of drug-likeness (QED) is 0.818. The average molecular weight is 263 g/mol. The van der Waals surface area contributed by atoms with Gasteiger partial charge in [0.2, 0.25) is 0 Å². The molecule has 108 valence electrons. The van der Waals surface area contributed by atoms with Crippen molar-refractivity contribution in [2.24, 2.45) is 17.8 Å². The fraction of sp³-hybridized carbons (Fsp3) is 0.812. The first-order chi connectivity index (χ1) is 9.06. The van der Waals surface area contributed by atoms with E-state index in [2.05, 4.69) is 55.1 Å². The van der Waals surface area contributed by atoms with Crippen molar-refractivity contribution in [3.63, 3.8) is 0 Å². The lowest BCUT2D eigenvalue weighted by Crippen LogP contribution is -2.37. The average Bonchev–Trinajstić information content (AvgIpc) is 2.78. The Morgan fingerprint density at radius 3 is 2.53 bits per heavy atom. The summed E-state index contributed by atoms with van der Waals surface area (Å²) in [5, 5.41) is 8.27. The van der Waals surface area contributed by atoms with Gasteiger partial charge in [-0.25, -0.2) is 0 Å². The van der Waals surface area contributed by atoms with E-state index < -0.39 is 0 Å². The number of aromatic nitrogens is 2. The van der Waals surface area contributed by atoms with Gasteiger partial charge in [-0.1, -0.05) is 13.8 Å². The first-order valence-corrected chi connectivity index (χ1v) is 7.81. The number of nitrogens with one attached hydrogen (secondary N) is 1. The molecule has 0 aromatic carbocycles. The van der Waals surface area contributed by atoms with Crippen LogP contribution >= 0.6 is 0 Å². The zero-order valence-corrected chi connectivity index (χ0v) is 12.9. The zero-order chi connectivity index (χ0) is 13.8. The van der Waals surface area contributed by atoms with Crippen LogP contribution in [0.3, 0.4) is 0 Å². The highest BCUT2D eigenvalue weighted by Crippen LogP contribution is 2.36. The van der Waals surface area contributed by atoms with E-state index >= 15 is 0 Å². The van der Waals surface area contributed by atoms with Gasteiger partial charge < -0.3 is 5.32 Å². The molecular weight excluding hydrogens is 234 g/mol. The van der Waals surface area contributed by atoms with Gasteiger partial charge in [-0.15, -0.1) is 0 Å². The van der Waals surface area contributed by atoms with Crippen molar-refractivity contribution in [2.75, 3.05) is 13.1 Å². The van der Waals surface area contributed by atoms with E-state index in [1.165, 1.54) is 25.1 Å². The highest BCUT2D eigenvalue weighted by molar-refractivity contribution is 5.03. The van der Waals surface area contributed by atoms with Crippen LogP contribution in [-0.4, -0.2) is 22.9 Å².